The maximum atomic E-state index is 12.6. The highest BCUT2D eigenvalue weighted by atomic mass is 16.5. The van der Waals surface area contributed by atoms with E-state index in [0.717, 1.165) is 28.4 Å². The molecule has 4 nitrogen and oxygen atoms in total. The first-order valence-electron chi connectivity index (χ1n) is 8.69. The number of para-hydroxylation sites is 1. The van der Waals surface area contributed by atoms with Gasteiger partial charge in [0.15, 0.2) is 6.61 Å². The minimum absolute atomic E-state index is 0.0688. The molecule has 4 heteroatoms. The molecule has 0 aromatic heterocycles. The van der Waals surface area contributed by atoms with Crippen LogP contribution in [-0.4, -0.2) is 24.5 Å². The number of esters is 1. The number of carbonyl (C=O) groups excluding carboxylic acids is 2. The lowest BCUT2D eigenvalue weighted by Gasteiger charge is -2.22. The minimum Gasteiger partial charge on any atom is -0.452 e. The number of rotatable bonds is 3. The molecule has 1 aliphatic heterocycles. The van der Waals surface area contributed by atoms with Crippen LogP contribution in [0.3, 0.4) is 0 Å². The van der Waals surface area contributed by atoms with Gasteiger partial charge in [0.25, 0.3) is 5.91 Å². The fraction of sp³-hybridized carbons (Fsp3) is 0.182. The van der Waals surface area contributed by atoms with Gasteiger partial charge >= 0.3 is 5.97 Å². The Morgan fingerprint density at radius 3 is 2.58 bits per heavy atom. The van der Waals surface area contributed by atoms with Crippen LogP contribution in [0.4, 0.5) is 5.69 Å². The zero-order chi connectivity index (χ0) is 18.1. The SMILES string of the molecule is CC1Cc2ccccc2N1C(=O)COC(=O)c1ccc2ccccc2c1. The second kappa shape index (κ2) is 6.64. The molecule has 1 atom stereocenters. The van der Waals surface area contributed by atoms with E-state index in [9.17, 15) is 9.59 Å². The van der Waals surface area contributed by atoms with Crippen LogP contribution >= 0.6 is 0 Å². The van der Waals surface area contributed by atoms with E-state index in [1.807, 2.05) is 61.5 Å². The lowest BCUT2D eigenvalue weighted by atomic mass is 10.1. The molecule has 0 N–H and O–H groups in total. The summed E-state index contributed by atoms with van der Waals surface area (Å²) in [5.74, 6) is -0.680. The third kappa shape index (κ3) is 2.94. The van der Waals surface area contributed by atoms with Gasteiger partial charge in [-0.3, -0.25) is 4.79 Å². The van der Waals surface area contributed by atoms with Gasteiger partial charge in [0.1, 0.15) is 0 Å². The summed E-state index contributed by atoms with van der Waals surface area (Å²) in [4.78, 5) is 26.7. The molecule has 0 saturated heterocycles. The van der Waals surface area contributed by atoms with Crippen LogP contribution in [0.5, 0.6) is 0 Å². The zero-order valence-electron chi connectivity index (χ0n) is 14.5. The minimum atomic E-state index is -0.482. The molecule has 1 aliphatic rings. The van der Waals surface area contributed by atoms with E-state index in [-0.39, 0.29) is 18.6 Å². The Labute approximate surface area is 152 Å². The molecule has 130 valence electrons. The predicted octanol–water partition coefficient (Wildman–Crippen LogP) is 3.97. The van der Waals surface area contributed by atoms with Gasteiger partial charge in [-0.15, -0.1) is 0 Å². The first kappa shape index (κ1) is 16.3. The molecule has 4 rings (SSSR count). The van der Waals surface area contributed by atoms with Crippen molar-refractivity contribution in [2.24, 2.45) is 0 Å². The van der Waals surface area contributed by atoms with Gasteiger partial charge in [-0.2, -0.15) is 0 Å². The molecule has 1 unspecified atom stereocenters. The Morgan fingerprint density at radius 2 is 1.73 bits per heavy atom. The molecule has 0 bridgehead atoms. The van der Waals surface area contributed by atoms with Crippen molar-refractivity contribution in [1.29, 1.82) is 0 Å². The van der Waals surface area contributed by atoms with E-state index in [1.54, 1.807) is 17.0 Å². The number of carbonyl (C=O) groups is 2. The highest BCUT2D eigenvalue weighted by molar-refractivity contribution is 6.00. The van der Waals surface area contributed by atoms with Gasteiger partial charge < -0.3 is 9.64 Å². The monoisotopic (exact) mass is 345 g/mol. The summed E-state index contributed by atoms with van der Waals surface area (Å²) >= 11 is 0. The second-order valence-corrected chi connectivity index (χ2v) is 6.58. The number of benzene rings is 3. The highest BCUT2D eigenvalue weighted by Crippen LogP contribution is 2.31. The van der Waals surface area contributed by atoms with Crippen LogP contribution in [-0.2, 0) is 16.0 Å². The first-order valence-corrected chi connectivity index (χ1v) is 8.69. The first-order chi connectivity index (χ1) is 12.6. The van der Waals surface area contributed by atoms with E-state index in [2.05, 4.69) is 0 Å². The number of amides is 1. The van der Waals surface area contributed by atoms with E-state index in [1.165, 1.54) is 0 Å². The third-order valence-electron chi connectivity index (χ3n) is 4.79. The van der Waals surface area contributed by atoms with Gasteiger partial charge in [0.2, 0.25) is 0 Å². The Bertz CT molecular complexity index is 995. The summed E-state index contributed by atoms with van der Waals surface area (Å²) in [6.07, 6.45) is 0.820. The molecule has 0 spiro atoms. The largest absolute Gasteiger partial charge is 0.452 e. The van der Waals surface area contributed by atoms with Crippen molar-refractivity contribution in [3.63, 3.8) is 0 Å². The third-order valence-corrected chi connectivity index (χ3v) is 4.79. The molecule has 0 radical (unpaired) electrons. The van der Waals surface area contributed by atoms with Crippen LogP contribution in [0.2, 0.25) is 0 Å². The van der Waals surface area contributed by atoms with Crippen LogP contribution in [0.15, 0.2) is 66.7 Å². The Morgan fingerprint density at radius 1 is 1.00 bits per heavy atom. The number of hydrogen-bond acceptors (Lipinski definition) is 3. The van der Waals surface area contributed by atoms with E-state index >= 15 is 0 Å². The van der Waals surface area contributed by atoms with Crippen molar-refractivity contribution in [2.45, 2.75) is 19.4 Å². The molecule has 1 amide bonds. The standard InChI is InChI=1S/C22H19NO3/c1-15-12-18-8-4-5-9-20(18)23(15)21(24)14-26-22(25)19-11-10-16-6-2-3-7-17(16)13-19/h2-11,13,15H,12,14H2,1H3. The van der Waals surface area contributed by atoms with Crippen LogP contribution in [0.1, 0.15) is 22.8 Å². The number of nitrogens with zero attached hydrogens (tertiary/aromatic N) is 1. The summed E-state index contributed by atoms with van der Waals surface area (Å²) in [7, 11) is 0. The summed E-state index contributed by atoms with van der Waals surface area (Å²) in [5, 5.41) is 2.03. The maximum Gasteiger partial charge on any atom is 0.338 e. The molecule has 3 aromatic carbocycles. The smallest absolute Gasteiger partial charge is 0.338 e. The number of ether oxygens (including phenoxy) is 1. The fourth-order valence-electron chi connectivity index (χ4n) is 3.54. The van der Waals surface area contributed by atoms with Crippen LogP contribution in [0.25, 0.3) is 10.8 Å². The van der Waals surface area contributed by atoms with Crippen molar-refractivity contribution in [1.82, 2.24) is 0 Å². The predicted molar refractivity (Wildman–Crippen MR) is 101 cm³/mol. The Kier molecular flexibility index (Phi) is 4.17. The Balaban J connectivity index is 1.46. The normalized spacial score (nSPS) is 15.7. The average Bonchev–Trinajstić information content (AvgIpc) is 3.01. The van der Waals surface area contributed by atoms with E-state index in [4.69, 9.17) is 4.74 Å². The number of hydrogen-bond donors (Lipinski definition) is 0. The van der Waals surface area contributed by atoms with E-state index in [0.29, 0.717) is 5.56 Å². The van der Waals surface area contributed by atoms with Gasteiger partial charge in [-0.05, 0) is 47.9 Å². The Hall–Kier alpha value is -3.14. The quantitative estimate of drug-likeness (QED) is 0.675. The van der Waals surface area contributed by atoms with Crippen molar-refractivity contribution in [2.75, 3.05) is 11.5 Å². The average molecular weight is 345 g/mol. The lowest BCUT2D eigenvalue weighted by Crippen LogP contribution is -2.38. The number of anilines is 1. The molecule has 26 heavy (non-hydrogen) atoms. The van der Waals surface area contributed by atoms with Gasteiger partial charge in [-0.25, -0.2) is 4.79 Å². The molecule has 3 aromatic rings. The topological polar surface area (TPSA) is 46.6 Å². The summed E-state index contributed by atoms with van der Waals surface area (Å²) in [6, 6.07) is 21.1. The summed E-state index contributed by atoms with van der Waals surface area (Å²) in [5.41, 5.74) is 2.51. The zero-order valence-corrected chi connectivity index (χ0v) is 14.5. The molecule has 0 aliphatic carbocycles. The van der Waals surface area contributed by atoms with Crippen molar-refractivity contribution >= 4 is 28.3 Å². The maximum absolute atomic E-state index is 12.6. The lowest BCUT2D eigenvalue weighted by molar-refractivity contribution is -0.122. The van der Waals surface area contributed by atoms with Crippen LogP contribution < -0.4 is 4.90 Å². The number of fused-ring (bicyclic) bond motifs is 2. The molecule has 0 saturated carbocycles. The van der Waals surface area contributed by atoms with Crippen molar-refractivity contribution in [3.8, 4) is 0 Å². The highest BCUT2D eigenvalue weighted by Gasteiger charge is 2.31. The second-order valence-electron chi connectivity index (χ2n) is 6.58. The fourth-order valence-corrected chi connectivity index (χ4v) is 3.54. The molecular weight excluding hydrogens is 326 g/mol. The summed E-state index contributed by atoms with van der Waals surface area (Å²) < 4.78 is 5.28. The van der Waals surface area contributed by atoms with Crippen molar-refractivity contribution < 1.29 is 14.3 Å². The molecule has 0 fully saturated rings. The molecular formula is C22H19NO3. The van der Waals surface area contributed by atoms with E-state index < -0.39 is 5.97 Å². The van der Waals surface area contributed by atoms with Gasteiger partial charge in [-0.1, -0.05) is 48.5 Å². The van der Waals surface area contributed by atoms with Crippen molar-refractivity contribution in [3.05, 3.63) is 77.9 Å². The van der Waals surface area contributed by atoms with Gasteiger partial charge in [0.05, 0.1) is 5.56 Å². The molecule has 1 heterocycles. The van der Waals surface area contributed by atoms with Gasteiger partial charge in [0, 0.05) is 11.7 Å². The van der Waals surface area contributed by atoms with Crippen LogP contribution in [0, 0.1) is 0 Å². The summed E-state index contributed by atoms with van der Waals surface area (Å²) in [6.45, 7) is 1.74.